The van der Waals surface area contributed by atoms with Gasteiger partial charge in [-0.2, -0.15) is 0 Å². The van der Waals surface area contributed by atoms with Gasteiger partial charge in [-0.25, -0.2) is 18.5 Å². The fourth-order valence-corrected chi connectivity index (χ4v) is 1.99. The maximum Gasteiger partial charge on any atom is 0.239 e. The fourth-order valence-electron chi connectivity index (χ4n) is 1.53. The van der Waals surface area contributed by atoms with Crippen LogP contribution in [0, 0.1) is 0 Å². The number of hydrogen-bond acceptors (Lipinski definition) is 5. The second kappa shape index (κ2) is 5.25. The van der Waals surface area contributed by atoms with E-state index in [9.17, 15) is 8.42 Å². The number of aromatic nitrogens is 1. The zero-order valence-corrected chi connectivity index (χ0v) is 10.9. The Morgan fingerprint density at radius 1 is 1.16 bits per heavy atom. The Morgan fingerprint density at radius 3 is 2.47 bits per heavy atom. The van der Waals surface area contributed by atoms with Gasteiger partial charge < -0.3 is 11.1 Å². The molecule has 0 spiro atoms. The number of anilines is 2. The lowest BCUT2D eigenvalue weighted by atomic mass is 10.2. The van der Waals surface area contributed by atoms with Crippen LogP contribution in [-0.2, 0) is 16.6 Å². The third-order valence-electron chi connectivity index (χ3n) is 2.58. The van der Waals surface area contributed by atoms with E-state index in [1.54, 1.807) is 6.07 Å². The lowest BCUT2D eigenvalue weighted by Crippen LogP contribution is -2.12. The minimum Gasteiger partial charge on any atom is -0.398 e. The van der Waals surface area contributed by atoms with Crippen LogP contribution in [0.15, 0.2) is 47.5 Å². The van der Waals surface area contributed by atoms with Crippen molar-refractivity contribution in [2.24, 2.45) is 5.14 Å². The molecule has 0 unspecified atom stereocenters. The number of benzene rings is 1. The number of nitrogens with two attached hydrogens (primary N) is 2. The average Bonchev–Trinajstić information content (AvgIpc) is 2.37. The summed E-state index contributed by atoms with van der Waals surface area (Å²) in [7, 11) is -3.70. The summed E-state index contributed by atoms with van der Waals surface area (Å²) in [5.74, 6) is 0.552. The van der Waals surface area contributed by atoms with Crippen molar-refractivity contribution >= 4 is 21.5 Å². The Kier molecular flexibility index (Phi) is 3.68. The van der Waals surface area contributed by atoms with Gasteiger partial charge in [-0.3, -0.25) is 0 Å². The smallest absolute Gasteiger partial charge is 0.239 e. The normalized spacial score (nSPS) is 11.2. The Bertz CT molecular complexity index is 668. The molecule has 0 aliphatic heterocycles. The van der Waals surface area contributed by atoms with Gasteiger partial charge in [-0.1, -0.05) is 18.2 Å². The molecule has 1 heterocycles. The monoisotopic (exact) mass is 278 g/mol. The number of rotatable bonds is 4. The molecule has 19 heavy (non-hydrogen) atoms. The minimum atomic E-state index is -3.70. The van der Waals surface area contributed by atoms with Crippen LogP contribution in [0.3, 0.4) is 0 Å². The summed E-state index contributed by atoms with van der Waals surface area (Å²) in [4.78, 5) is 3.96. The standard InChI is InChI=1S/C12H14N4O2S/c13-11-4-2-1-3-9(11)7-15-12-6-5-10(8-16-12)19(14,17)18/h1-6,8H,7,13H2,(H,15,16)(H2,14,17,18). The first kappa shape index (κ1) is 13.3. The predicted octanol–water partition coefficient (Wildman–Crippen LogP) is 0.923. The number of para-hydroxylation sites is 1. The summed E-state index contributed by atoms with van der Waals surface area (Å²) in [6.07, 6.45) is 1.21. The molecule has 0 bridgehead atoms. The van der Waals surface area contributed by atoms with Gasteiger partial charge in [0.05, 0.1) is 0 Å². The van der Waals surface area contributed by atoms with E-state index in [0.29, 0.717) is 18.1 Å². The second-order valence-corrected chi connectivity index (χ2v) is 5.54. The third-order valence-corrected chi connectivity index (χ3v) is 3.48. The third kappa shape index (κ3) is 3.43. The molecule has 0 aliphatic carbocycles. The summed E-state index contributed by atoms with van der Waals surface area (Å²) in [5, 5.41) is 8.04. The second-order valence-electron chi connectivity index (χ2n) is 3.98. The van der Waals surface area contributed by atoms with Gasteiger partial charge in [-0.05, 0) is 23.8 Å². The molecule has 5 N–H and O–H groups in total. The molecule has 0 saturated carbocycles. The Balaban J connectivity index is 2.07. The van der Waals surface area contributed by atoms with Crippen LogP contribution in [0.5, 0.6) is 0 Å². The molecule has 7 heteroatoms. The first-order valence-corrected chi connectivity index (χ1v) is 7.07. The Hall–Kier alpha value is -2.12. The van der Waals surface area contributed by atoms with E-state index in [-0.39, 0.29) is 4.90 Å². The van der Waals surface area contributed by atoms with Crippen molar-refractivity contribution in [1.82, 2.24) is 4.98 Å². The summed E-state index contributed by atoms with van der Waals surface area (Å²) < 4.78 is 22.1. The quantitative estimate of drug-likeness (QED) is 0.720. The predicted molar refractivity (Wildman–Crippen MR) is 73.8 cm³/mol. The fraction of sp³-hybridized carbons (Fsp3) is 0.0833. The van der Waals surface area contributed by atoms with Crippen LogP contribution in [0.2, 0.25) is 0 Å². The van der Waals surface area contributed by atoms with Crippen LogP contribution in [0.1, 0.15) is 5.56 Å². The van der Waals surface area contributed by atoms with E-state index >= 15 is 0 Å². The minimum absolute atomic E-state index is 0.0164. The molecular formula is C12H14N4O2S. The molecule has 0 fully saturated rings. The van der Waals surface area contributed by atoms with E-state index in [1.807, 2.05) is 24.3 Å². The lowest BCUT2D eigenvalue weighted by molar-refractivity contribution is 0.597. The van der Waals surface area contributed by atoms with Gasteiger partial charge in [0.15, 0.2) is 0 Å². The lowest BCUT2D eigenvalue weighted by Gasteiger charge is -2.08. The van der Waals surface area contributed by atoms with E-state index in [4.69, 9.17) is 10.9 Å². The molecular weight excluding hydrogens is 264 g/mol. The van der Waals surface area contributed by atoms with Gasteiger partial charge in [0.2, 0.25) is 10.0 Å². The highest BCUT2D eigenvalue weighted by Gasteiger charge is 2.07. The number of sulfonamides is 1. The van der Waals surface area contributed by atoms with Crippen molar-refractivity contribution in [3.8, 4) is 0 Å². The van der Waals surface area contributed by atoms with E-state index < -0.39 is 10.0 Å². The zero-order valence-electron chi connectivity index (χ0n) is 10.1. The first-order valence-electron chi connectivity index (χ1n) is 5.53. The topological polar surface area (TPSA) is 111 Å². The number of primary sulfonamides is 1. The largest absolute Gasteiger partial charge is 0.398 e. The van der Waals surface area contributed by atoms with E-state index in [1.165, 1.54) is 12.3 Å². The Labute approximate surface area is 111 Å². The summed E-state index contributed by atoms with van der Waals surface area (Å²) in [5.41, 5.74) is 7.44. The van der Waals surface area contributed by atoms with Crippen LogP contribution in [0.4, 0.5) is 11.5 Å². The van der Waals surface area contributed by atoms with Crippen molar-refractivity contribution in [3.05, 3.63) is 48.2 Å². The van der Waals surface area contributed by atoms with Crippen LogP contribution >= 0.6 is 0 Å². The summed E-state index contributed by atoms with van der Waals surface area (Å²) >= 11 is 0. The molecule has 1 aromatic carbocycles. The number of hydrogen-bond donors (Lipinski definition) is 3. The van der Waals surface area contributed by atoms with Crippen molar-refractivity contribution in [2.45, 2.75) is 11.4 Å². The molecule has 0 radical (unpaired) electrons. The van der Waals surface area contributed by atoms with Crippen molar-refractivity contribution in [3.63, 3.8) is 0 Å². The van der Waals surface area contributed by atoms with Crippen molar-refractivity contribution < 1.29 is 8.42 Å². The average molecular weight is 278 g/mol. The molecule has 0 saturated heterocycles. The molecule has 1 aromatic heterocycles. The highest BCUT2D eigenvalue weighted by atomic mass is 32.2. The number of nitrogen functional groups attached to an aromatic ring is 1. The highest BCUT2D eigenvalue weighted by Crippen LogP contribution is 2.13. The molecule has 2 aromatic rings. The molecule has 100 valence electrons. The van der Waals surface area contributed by atoms with Gasteiger partial charge >= 0.3 is 0 Å². The van der Waals surface area contributed by atoms with Gasteiger partial charge in [0.1, 0.15) is 10.7 Å². The van der Waals surface area contributed by atoms with Crippen molar-refractivity contribution in [1.29, 1.82) is 0 Å². The first-order chi connectivity index (χ1) is 8.97. The SMILES string of the molecule is Nc1ccccc1CNc1ccc(S(N)(=O)=O)cn1. The van der Waals surface area contributed by atoms with Gasteiger partial charge in [0.25, 0.3) is 0 Å². The number of pyridine rings is 1. The summed E-state index contributed by atoms with van der Waals surface area (Å²) in [6.45, 7) is 0.508. The molecule has 0 amide bonds. The molecule has 0 aliphatic rings. The van der Waals surface area contributed by atoms with Gasteiger partial charge in [0, 0.05) is 18.4 Å². The van der Waals surface area contributed by atoms with Gasteiger partial charge in [-0.15, -0.1) is 0 Å². The van der Waals surface area contributed by atoms with E-state index in [2.05, 4.69) is 10.3 Å². The van der Waals surface area contributed by atoms with E-state index in [0.717, 1.165) is 5.56 Å². The zero-order chi connectivity index (χ0) is 13.9. The molecule has 6 nitrogen and oxygen atoms in total. The maximum absolute atomic E-state index is 11.1. The summed E-state index contributed by atoms with van der Waals surface area (Å²) in [6, 6.07) is 10.4. The van der Waals surface area contributed by atoms with Crippen LogP contribution in [-0.4, -0.2) is 13.4 Å². The van der Waals surface area contributed by atoms with Crippen LogP contribution in [0.25, 0.3) is 0 Å². The highest BCUT2D eigenvalue weighted by molar-refractivity contribution is 7.89. The number of nitrogens with zero attached hydrogens (tertiary/aromatic N) is 1. The van der Waals surface area contributed by atoms with Crippen molar-refractivity contribution in [2.75, 3.05) is 11.1 Å². The molecule has 0 atom stereocenters. The Morgan fingerprint density at radius 2 is 1.89 bits per heavy atom. The van der Waals surface area contributed by atoms with Crippen LogP contribution < -0.4 is 16.2 Å². The molecule has 2 rings (SSSR count). The maximum atomic E-state index is 11.1. The number of nitrogens with one attached hydrogen (secondary N) is 1.